The lowest BCUT2D eigenvalue weighted by molar-refractivity contribution is -0.160. The highest BCUT2D eigenvalue weighted by molar-refractivity contribution is 9.10. The molecule has 1 aromatic carbocycles. The molecule has 0 saturated heterocycles. The third kappa shape index (κ3) is 6.42. The number of aromatic nitrogens is 2. The van der Waals surface area contributed by atoms with Crippen LogP contribution in [0.3, 0.4) is 0 Å². The largest absolute Gasteiger partial charge is 0.458 e. The summed E-state index contributed by atoms with van der Waals surface area (Å²) in [7, 11) is 0. The van der Waals surface area contributed by atoms with Gasteiger partial charge in [-0.2, -0.15) is 5.10 Å². The van der Waals surface area contributed by atoms with Crippen molar-refractivity contribution < 1.29 is 14.3 Å². The molecular formula is C24H33BrN2O3. The zero-order valence-corrected chi connectivity index (χ0v) is 20.1. The van der Waals surface area contributed by atoms with Gasteiger partial charge in [-0.3, -0.25) is 4.68 Å². The molecule has 2 aromatic rings. The van der Waals surface area contributed by atoms with Crippen LogP contribution in [0.4, 0.5) is 0 Å². The molecular weight excluding hydrogens is 444 g/mol. The number of hydrogen-bond acceptors (Lipinski definition) is 4. The number of halogens is 1. The van der Waals surface area contributed by atoms with Gasteiger partial charge in [-0.1, -0.05) is 30.3 Å². The molecule has 0 N–H and O–H groups in total. The van der Waals surface area contributed by atoms with Crippen molar-refractivity contribution in [2.24, 2.45) is 11.8 Å². The van der Waals surface area contributed by atoms with E-state index in [0.717, 1.165) is 48.1 Å². The van der Waals surface area contributed by atoms with E-state index in [-0.39, 0.29) is 12.6 Å². The number of nitrogens with zero attached hydrogens (tertiary/aromatic N) is 2. The van der Waals surface area contributed by atoms with Crippen LogP contribution in [0.2, 0.25) is 0 Å². The van der Waals surface area contributed by atoms with E-state index in [1.165, 1.54) is 5.56 Å². The first kappa shape index (κ1) is 23.0. The van der Waals surface area contributed by atoms with Crippen molar-refractivity contribution in [3.63, 3.8) is 0 Å². The van der Waals surface area contributed by atoms with E-state index < -0.39 is 5.60 Å². The van der Waals surface area contributed by atoms with Gasteiger partial charge in [0.05, 0.1) is 22.5 Å². The molecule has 1 aliphatic carbocycles. The van der Waals surface area contributed by atoms with E-state index in [2.05, 4.69) is 44.9 Å². The van der Waals surface area contributed by atoms with Gasteiger partial charge in [0.25, 0.3) is 0 Å². The molecule has 1 aromatic heterocycles. The Hall–Kier alpha value is -1.66. The van der Waals surface area contributed by atoms with Crippen LogP contribution in [0.25, 0.3) is 11.3 Å². The zero-order chi connectivity index (χ0) is 21.7. The second-order valence-electron chi connectivity index (χ2n) is 9.28. The van der Waals surface area contributed by atoms with Gasteiger partial charge in [-0.25, -0.2) is 4.79 Å². The van der Waals surface area contributed by atoms with E-state index in [1.54, 1.807) is 0 Å². The molecule has 5 nitrogen and oxygen atoms in total. The zero-order valence-electron chi connectivity index (χ0n) is 18.5. The van der Waals surface area contributed by atoms with Crippen LogP contribution >= 0.6 is 15.9 Å². The van der Waals surface area contributed by atoms with Crippen molar-refractivity contribution >= 4 is 21.9 Å². The van der Waals surface area contributed by atoms with Crippen molar-refractivity contribution in [2.75, 3.05) is 13.2 Å². The van der Waals surface area contributed by atoms with Crippen LogP contribution in [-0.2, 0) is 20.8 Å². The van der Waals surface area contributed by atoms with Crippen LogP contribution in [0, 0.1) is 18.8 Å². The number of rotatable bonds is 7. The molecule has 30 heavy (non-hydrogen) atoms. The number of carbonyl (C=O) groups excluding carboxylic acids is 1. The number of benzene rings is 1. The van der Waals surface area contributed by atoms with Gasteiger partial charge >= 0.3 is 5.97 Å². The normalized spacial score (nSPS) is 19.6. The molecule has 6 heteroatoms. The molecule has 1 fully saturated rings. The summed E-state index contributed by atoms with van der Waals surface area (Å²) in [5.41, 5.74) is 2.92. The minimum atomic E-state index is -0.461. The Labute approximate surface area is 188 Å². The van der Waals surface area contributed by atoms with Crippen molar-refractivity contribution in [2.45, 2.75) is 65.5 Å². The van der Waals surface area contributed by atoms with Gasteiger partial charge in [0.1, 0.15) is 12.2 Å². The van der Waals surface area contributed by atoms with E-state index >= 15 is 0 Å². The number of ether oxygens (including phenoxy) is 2. The first-order valence-electron chi connectivity index (χ1n) is 10.8. The van der Waals surface area contributed by atoms with Gasteiger partial charge < -0.3 is 9.47 Å². The Morgan fingerprint density at radius 2 is 1.77 bits per heavy atom. The summed E-state index contributed by atoms with van der Waals surface area (Å²) in [6.07, 6.45) is 4.57. The van der Waals surface area contributed by atoms with Crippen molar-refractivity contribution in [3.8, 4) is 11.3 Å². The first-order valence-corrected chi connectivity index (χ1v) is 11.6. The van der Waals surface area contributed by atoms with E-state index in [9.17, 15) is 4.79 Å². The van der Waals surface area contributed by atoms with Gasteiger partial charge in [-0.05, 0) is 81.1 Å². The molecule has 1 heterocycles. The topological polar surface area (TPSA) is 53.4 Å². The third-order valence-electron chi connectivity index (χ3n) is 5.49. The van der Waals surface area contributed by atoms with Crippen molar-refractivity contribution in [1.82, 2.24) is 9.78 Å². The third-order valence-corrected chi connectivity index (χ3v) is 6.44. The average molecular weight is 477 g/mol. The number of aryl methyl sites for hydroxylation is 1. The first-order chi connectivity index (χ1) is 14.2. The molecule has 1 aliphatic rings. The fraction of sp³-hybridized carbons (Fsp3) is 0.583. The molecule has 0 atom stereocenters. The Morgan fingerprint density at radius 3 is 2.40 bits per heavy atom. The summed E-state index contributed by atoms with van der Waals surface area (Å²) < 4.78 is 14.2. The van der Waals surface area contributed by atoms with E-state index in [0.29, 0.717) is 18.4 Å². The lowest BCUT2D eigenvalue weighted by Gasteiger charge is -2.28. The summed E-state index contributed by atoms with van der Waals surface area (Å²) in [4.78, 5) is 11.8. The lowest BCUT2D eigenvalue weighted by atomic mass is 9.82. The van der Waals surface area contributed by atoms with Gasteiger partial charge in [0.2, 0.25) is 0 Å². The van der Waals surface area contributed by atoms with Crippen LogP contribution < -0.4 is 0 Å². The molecule has 3 rings (SSSR count). The van der Waals surface area contributed by atoms with Gasteiger partial charge in [0, 0.05) is 12.1 Å². The highest BCUT2D eigenvalue weighted by Gasteiger charge is 2.25. The second-order valence-corrected chi connectivity index (χ2v) is 10.1. The predicted molar refractivity (Wildman–Crippen MR) is 122 cm³/mol. The molecule has 0 spiro atoms. The maximum absolute atomic E-state index is 11.8. The quantitative estimate of drug-likeness (QED) is 0.474. The second kappa shape index (κ2) is 10.1. The average Bonchev–Trinajstić information content (AvgIpc) is 2.96. The number of esters is 1. The van der Waals surface area contributed by atoms with Crippen molar-refractivity contribution in [3.05, 3.63) is 40.5 Å². The summed E-state index contributed by atoms with van der Waals surface area (Å²) in [6.45, 7) is 9.26. The van der Waals surface area contributed by atoms with Crippen LogP contribution in [0.1, 0.15) is 52.1 Å². The van der Waals surface area contributed by atoms with E-state index in [1.807, 2.05) is 33.8 Å². The monoisotopic (exact) mass is 476 g/mol. The maximum Gasteiger partial charge on any atom is 0.332 e. The van der Waals surface area contributed by atoms with Gasteiger partial charge in [-0.15, -0.1) is 0 Å². The molecule has 0 amide bonds. The Bertz CT molecular complexity index is 834. The molecule has 0 aliphatic heterocycles. The molecule has 0 bridgehead atoms. The van der Waals surface area contributed by atoms with Crippen LogP contribution in [0.15, 0.2) is 34.8 Å². The highest BCUT2D eigenvalue weighted by atomic mass is 79.9. The fourth-order valence-corrected chi connectivity index (χ4v) is 4.58. The van der Waals surface area contributed by atoms with Gasteiger partial charge in [0.15, 0.2) is 0 Å². The Balaban J connectivity index is 1.49. The smallest absolute Gasteiger partial charge is 0.332 e. The minimum absolute atomic E-state index is 0.0399. The Morgan fingerprint density at radius 1 is 1.13 bits per heavy atom. The van der Waals surface area contributed by atoms with Crippen LogP contribution in [0.5, 0.6) is 0 Å². The minimum Gasteiger partial charge on any atom is -0.458 e. The highest BCUT2D eigenvalue weighted by Crippen LogP contribution is 2.34. The molecule has 1 saturated carbocycles. The summed E-state index contributed by atoms with van der Waals surface area (Å²) in [5, 5.41) is 4.79. The fourth-order valence-electron chi connectivity index (χ4n) is 4.07. The number of hydrogen-bond donors (Lipinski definition) is 0. The molecule has 0 radical (unpaired) electrons. The summed E-state index contributed by atoms with van der Waals surface area (Å²) in [6, 6.07) is 10.4. The summed E-state index contributed by atoms with van der Waals surface area (Å²) in [5.74, 6) is 0.841. The van der Waals surface area contributed by atoms with Crippen LogP contribution in [-0.4, -0.2) is 34.6 Å². The maximum atomic E-state index is 11.8. The molecule has 164 valence electrons. The lowest BCUT2D eigenvalue weighted by Crippen LogP contribution is -2.28. The Kier molecular flexibility index (Phi) is 7.75. The summed E-state index contributed by atoms with van der Waals surface area (Å²) >= 11 is 3.73. The molecule has 0 unspecified atom stereocenters. The number of carbonyl (C=O) groups is 1. The standard InChI is InChI=1S/C24H33BrN2O3/c1-17-22(25)23(20-8-6-5-7-9-20)27(26-17)14-18-10-12-19(13-11-18)15-29-16-21(28)30-24(2,3)4/h5-9,18-19H,10-16H2,1-4H3. The predicted octanol–water partition coefficient (Wildman–Crippen LogP) is 5.79. The van der Waals surface area contributed by atoms with E-state index in [4.69, 9.17) is 14.6 Å². The van der Waals surface area contributed by atoms with Crippen molar-refractivity contribution in [1.29, 1.82) is 0 Å². The SMILES string of the molecule is Cc1nn(CC2CCC(COCC(=O)OC(C)(C)C)CC2)c(-c2ccccc2)c1Br.